The van der Waals surface area contributed by atoms with Gasteiger partial charge < -0.3 is 0 Å². The van der Waals surface area contributed by atoms with Gasteiger partial charge >= 0.3 is 0 Å². The minimum Gasteiger partial charge on any atom is -0.259 e. The molecule has 0 aliphatic rings. The van der Waals surface area contributed by atoms with E-state index >= 15 is 0 Å². The van der Waals surface area contributed by atoms with Crippen molar-refractivity contribution in [2.75, 3.05) is 0 Å². The van der Waals surface area contributed by atoms with E-state index in [2.05, 4.69) is 21.1 Å². The SMILES string of the molecule is N#Cc1c(-c2ccccc2)nn(-c2cnccn2)c1Cl. The molecule has 3 aromatic rings. The van der Waals surface area contributed by atoms with Crippen molar-refractivity contribution in [1.82, 2.24) is 19.7 Å². The smallest absolute Gasteiger partial charge is 0.173 e. The van der Waals surface area contributed by atoms with Gasteiger partial charge in [0.1, 0.15) is 17.3 Å². The molecule has 5 nitrogen and oxygen atoms in total. The Labute approximate surface area is 120 Å². The summed E-state index contributed by atoms with van der Waals surface area (Å²) in [6.07, 6.45) is 4.64. The third-order valence-corrected chi connectivity index (χ3v) is 3.10. The number of halogens is 1. The maximum absolute atomic E-state index is 9.30. The molecule has 1 aromatic carbocycles. The summed E-state index contributed by atoms with van der Waals surface area (Å²) < 4.78 is 1.41. The van der Waals surface area contributed by atoms with Crippen LogP contribution in [0.4, 0.5) is 0 Å². The van der Waals surface area contributed by atoms with Crippen LogP contribution in [0.2, 0.25) is 5.15 Å². The van der Waals surface area contributed by atoms with E-state index in [0.717, 1.165) is 5.56 Å². The molecule has 3 rings (SSSR count). The zero-order chi connectivity index (χ0) is 13.9. The monoisotopic (exact) mass is 281 g/mol. The van der Waals surface area contributed by atoms with E-state index in [1.54, 1.807) is 12.4 Å². The summed E-state index contributed by atoms with van der Waals surface area (Å²) in [5.74, 6) is 0.469. The maximum atomic E-state index is 9.30. The van der Waals surface area contributed by atoms with E-state index in [-0.39, 0.29) is 5.15 Å². The Hall–Kier alpha value is -2.71. The number of rotatable bonds is 2. The molecule has 0 saturated heterocycles. The van der Waals surface area contributed by atoms with Crippen LogP contribution in [0.15, 0.2) is 48.9 Å². The molecule has 0 N–H and O–H groups in total. The molecule has 0 radical (unpaired) electrons. The predicted molar refractivity (Wildman–Crippen MR) is 74.3 cm³/mol. The molecule has 0 atom stereocenters. The fourth-order valence-electron chi connectivity index (χ4n) is 1.85. The zero-order valence-corrected chi connectivity index (χ0v) is 11.0. The van der Waals surface area contributed by atoms with Crippen molar-refractivity contribution in [1.29, 1.82) is 5.26 Å². The van der Waals surface area contributed by atoms with Crippen LogP contribution in [0.5, 0.6) is 0 Å². The number of hydrogen-bond acceptors (Lipinski definition) is 4. The highest BCUT2D eigenvalue weighted by Gasteiger charge is 2.19. The highest BCUT2D eigenvalue weighted by molar-refractivity contribution is 6.31. The minimum absolute atomic E-state index is 0.229. The fourth-order valence-corrected chi connectivity index (χ4v) is 2.10. The highest BCUT2D eigenvalue weighted by atomic mass is 35.5. The van der Waals surface area contributed by atoms with Crippen molar-refractivity contribution in [3.63, 3.8) is 0 Å². The van der Waals surface area contributed by atoms with E-state index < -0.39 is 0 Å². The van der Waals surface area contributed by atoms with Crippen LogP contribution >= 0.6 is 11.6 Å². The Morgan fingerprint density at radius 3 is 2.60 bits per heavy atom. The molecule has 0 aliphatic heterocycles. The van der Waals surface area contributed by atoms with Gasteiger partial charge in [0.05, 0.1) is 6.20 Å². The highest BCUT2D eigenvalue weighted by Crippen LogP contribution is 2.29. The van der Waals surface area contributed by atoms with Gasteiger partial charge in [-0.25, -0.2) is 9.67 Å². The van der Waals surface area contributed by atoms with Gasteiger partial charge in [-0.2, -0.15) is 10.4 Å². The van der Waals surface area contributed by atoms with E-state index in [1.165, 1.54) is 10.9 Å². The maximum Gasteiger partial charge on any atom is 0.173 e. The first kappa shape index (κ1) is 12.3. The van der Waals surface area contributed by atoms with Crippen LogP contribution in [-0.2, 0) is 0 Å². The van der Waals surface area contributed by atoms with Crippen molar-refractivity contribution in [3.05, 3.63) is 59.6 Å². The van der Waals surface area contributed by atoms with Gasteiger partial charge in [0, 0.05) is 18.0 Å². The second-order valence-corrected chi connectivity index (χ2v) is 4.33. The molecular weight excluding hydrogens is 274 g/mol. The normalized spacial score (nSPS) is 10.2. The van der Waals surface area contributed by atoms with Crippen molar-refractivity contribution < 1.29 is 0 Å². The van der Waals surface area contributed by atoms with Gasteiger partial charge in [0.15, 0.2) is 11.0 Å². The van der Waals surface area contributed by atoms with E-state index in [1.807, 2.05) is 30.3 Å². The van der Waals surface area contributed by atoms with Crippen LogP contribution < -0.4 is 0 Å². The van der Waals surface area contributed by atoms with Crippen molar-refractivity contribution in [2.24, 2.45) is 0 Å². The molecule has 0 spiro atoms. The first-order chi connectivity index (χ1) is 9.81. The van der Waals surface area contributed by atoms with Gasteiger partial charge in [-0.1, -0.05) is 41.9 Å². The fraction of sp³-hybridized carbons (Fsp3) is 0. The van der Waals surface area contributed by atoms with Gasteiger partial charge in [-0.15, -0.1) is 0 Å². The first-order valence-corrected chi connectivity index (χ1v) is 6.19. The largest absolute Gasteiger partial charge is 0.259 e. The Morgan fingerprint density at radius 2 is 1.95 bits per heavy atom. The lowest BCUT2D eigenvalue weighted by Crippen LogP contribution is -2.00. The van der Waals surface area contributed by atoms with Gasteiger partial charge in [-0.3, -0.25) is 4.98 Å². The van der Waals surface area contributed by atoms with E-state index in [9.17, 15) is 5.26 Å². The van der Waals surface area contributed by atoms with E-state index in [0.29, 0.717) is 17.1 Å². The van der Waals surface area contributed by atoms with Crippen molar-refractivity contribution >= 4 is 11.6 Å². The van der Waals surface area contributed by atoms with E-state index in [4.69, 9.17) is 11.6 Å². The quantitative estimate of drug-likeness (QED) is 0.724. The molecule has 6 heteroatoms. The molecule has 0 saturated carbocycles. The summed E-state index contributed by atoms with van der Waals surface area (Å²) in [4.78, 5) is 8.11. The number of benzene rings is 1. The van der Waals surface area contributed by atoms with Gasteiger partial charge in [0.25, 0.3) is 0 Å². The molecule has 20 heavy (non-hydrogen) atoms. The summed E-state index contributed by atoms with van der Waals surface area (Å²) in [5, 5.41) is 13.9. The average Bonchev–Trinajstić information content (AvgIpc) is 2.86. The second kappa shape index (κ2) is 5.11. The summed E-state index contributed by atoms with van der Waals surface area (Å²) >= 11 is 6.22. The molecular formula is C14H8ClN5. The molecule has 96 valence electrons. The number of nitrogens with zero attached hydrogens (tertiary/aromatic N) is 5. The number of aromatic nitrogens is 4. The summed E-state index contributed by atoms with van der Waals surface area (Å²) in [5.41, 5.74) is 1.68. The van der Waals surface area contributed by atoms with Crippen LogP contribution in [0.25, 0.3) is 17.1 Å². The van der Waals surface area contributed by atoms with Crippen molar-refractivity contribution in [2.45, 2.75) is 0 Å². The summed E-state index contributed by atoms with van der Waals surface area (Å²) in [6.45, 7) is 0. The standard InChI is InChI=1S/C14H8ClN5/c15-14-11(8-16)13(10-4-2-1-3-5-10)19-20(14)12-9-17-6-7-18-12/h1-7,9H. The lowest BCUT2D eigenvalue weighted by molar-refractivity contribution is 0.841. The second-order valence-electron chi connectivity index (χ2n) is 3.97. The van der Waals surface area contributed by atoms with Crippen LogP contribution in [-0.4, -0.2) is 19.7 Å². The third-order valence-electron chi connectivity index (χ3n) is 2.75. The Morgan fingerprint density at radius 1 is 1.15 bits per heavy atom. The Bertz CT molecular complexity index is 775. The summed E-state index contributed by atoms with van der Waals surface area (Å²) in [7, 11) is 0. The molecule has 2 aromatic heterocycles. The Kier molecular flexibility index (Phi) is 3.15. The predicted octanol–water partition coefficient (Wildman–Crippen LogP) is 2.85. The van der Waals surface area contributed by atoms with Crippen LogP contribution in [0.1, 0.15) is 5.56 Å². The lowest BCUT2D eigenvalue weighted by atomic mass is 10.1. The molecule has 2 heterocycles. The lowest BCUT2D eigenvalue weighted by Gasteiger charge is -1.99. The third kappa shape index (κ3) is 2.02. The average molecular weight is 282 g/mol. The zero-order valence-electron chi connectivity index (χ0n) is 10.2. The van der Waals surface area contributed by atoms with Gasteiger partial charge in [0.2, 0.25) is 0 Å². The molecule has 0 aliphatic carbocycles. The Balaban J connectivity index is 2.22. The molecule has 0 unspecified atom stereocenters. The van der Waals surface area contributed by atoms with Crippen LogP contribution in [0, 0.1) is 11.3 Å². The first-order valence-electron chi connectivity index (χ1n) is 5.81. The minimum atomic E-state index is 0.229. The number of hydrogen-bond donors (Lipinski definition) is 0. The molecule has 0 amide bonds. The molecule has 0 bridgehead atoms. The van der Waals surface area contributed by atoms with Crippen LogP contribution in [0.3, 0.4) is 0 Å². The van der Waals surface area contributed by atoms with Crippen molar-refractivity contribution in [3.8, 4) is 23.1 Å². The summed E-state index contributed by atoms with van der Waals surface area (Å²) in [6, 6.07) is 11.5. The number of nitriles is 1. The topological polar surface area (TPSA) is 67.4 Å². The van der Waals surface area contributed by atoms with Gasteiger partial charge in [-0.05, 0) is 0 Å². The molecule has 0 fully saturated rings.